The number of imide groups is 1. The molecule has 4 heteroatoms. The van der Waals surface area contributed by atoms with Crippen LogP contribution in [0, 0.1) is 5.92 Å². The van der Waals surface area contributed by atoms with Crippen molar-refractivity contribution in [1.82, 2.24) is 10.2 Å². The van der Waals surface area contributed by atoms with Gasteiger partial charge in [0.05, 0.1) is 0 Å². The van der Waals surface area contributed by atoms with Gasteiger partial charge in [0, 0.05) is 19.5 Å². The van der Waals surface area contributed by atoms with Crippen LogP contribution in [-0.2, 0) is 4.79 Å². The third kappa shape index (κ3) is 1.75. The first-order chi connectivity index (χ1) is 5.65. The lowest BCUT2D eigenvalue weighted by molar-refractivity contribution is -0.128. The highest BCUT2D eigenvalue weighted by Gasteiger charge is 2.25. The maximum Gasteiger partial charge on any atom is 0.324 e. The zero-order valence-electron chi connectivity index (χ0n) is 7.46. The normalized spacial score (nSPS) is 25.2. The van der Waals surface area contributed by atoms with Crippen molar-refractivity contribution in [3.8, 4) is 0 Å². The zero-order chi connectivity index (χ0) is 9.14. The van der Waals surface area contributed by atoms with Crippen LogP contribution in [0.15, 0.2) is 0 Å². The summed E-state index contributed by atoms with van der Waals surface area (Å²) in [6, 6.07) is -0.258. The molecular formula is C8H14N2O2. The van der Waals surface area contributed by atoms with Crippen LogP contribution in [0.2, 0.25) is 0 Å². The van der Waals surface area contributed by atoms with E-state index in [0.29, 0.717) is 19.5 Å². The minimum atomic E-state index is -0.258. The van der Waals surface area contributed by atoms with Crippen LogP contribution < -0.4 is 5.32 Å². The van der Waals surface area contributed by atoms with E-state index in [-0.39, 0.29) is 17.9 Å². The minimum Gasteiger partial charge on any atom is -0.337 e. The van der Waals surface area contributed by atoms with E-state index in [4.69, 9.17) is 0 Å². The van der Waals surface area contributed by atoms with E-state index in [0.717, 1.165) is 0 Å². The SMILES string of the molecule is CCN1C(=O)CC(C)CNC1=O. The highest BCUT2D eigenvalue weighted by Crippen LogP contribution is 2.08. The van der Waals surface area contributed by atoms with Crippen LogP contribution in [0.5, 0.6) is 0 Å². The Morgan fingerprint density at radius 1 is 1.58 bits per heavy atom. The second-order valence-corrected chi connectivity index (χ2v) is 3.13. The number of hydrogen-bond acceptors (Lipinski definition) is 2. The summed E-state index contributed by atoms with van der Waals surface area (Å²) >= 11 is 0. The molecule has 0 radical (unpaired) electrons. The fourth-order valence-corrected chi connectivity index (χ4v) is 1.27. The molecular weight excluding hydrogens is 156 g/mol. The molecule has 4 nitrogen and oxygen atoms in total. The molecule has 0 saturated carbocycles. The molecule has 1 fully saturated rings. The van der Waals surface area contributed by atoms with Crippen LogP contribution >= 0.6 is 0 Å². The van der Waals surface area contributed by atoms with Crippen molar-refractivity contribution < 1.29 is 9.59 Å². The Balaban J connectivity index is 2.71. The fraction of sp³-hybridized carbons (Fsp3) is 0.750. The quantitative estimate of drug-likeness (QED) is 0.626. The Hall–Kier alpha value is -1.06. The molecule has 0 aliphatic carbocycles. The van der Waals surface area contributed by atoms with Crippen molar-refractivity contribution >= 4 is 11.9 Å². The number of hydrogen-bond donors (Lipinski definition) is 1. The van der Waals surface area contributed by atoms with Gasteiger partial charge in [-0.2, -0.15) is 0 Å². The average Bonchev–Trinajstić information content (AvgIpc) is 2.12. The van der Waals surface area contributed by atoms with Crippen molar-refractivity contribution in [2.45, 2.75) is 20.3 Å². The summed E-state index contributed by atoms with van der Waals surface area (Å²) in [4.78, 5) is 23.8. The van der Waals surface area contributed by atoms with Gasteiger partial charge in [0.2, 0.25) is 5.91 Å². The van der Waals surface area contributed by atoms with E-state index in [2.05, 4.69) is 5.32 Å². The summed E-state index contributed by atoms with van der Waals surface area (Å²) in [5.74, 6) is 0.179. The van der Waals surface area contributed by atoms with Gasteiger partial charge in [-0.05, 0) is 12.8 Å². The van der Waals surface area contributed by atoms with Crippen LogP contribution in [0.4, 0.5) is 4.79 Å². The first-order valence-electron chi connectivity index (χ1n) is 4.23. The zero-order valence-corrected chi connectivity index (χ0v) is 7.46. The molecule has 0 bridgehead atoms. The number of carbonyl (C=O) groups is 2. The second kappa shape index (κ2) is 3.56. The Labute approximate surface area is 71.9 Å². The van der Waals surface area contributed by atoms with Crippen LogP contribution in [-0.4, -0.2) is 29.9 Å². The van der Waals surface area contributed by atoms with Gasteiger partial charge in [-0.1, -0.05) is 6.92 Å². The minimum absolute atomic E-state index is 0.0694. The molecule has 1 rings (SSSR count). The molecule has 1 atom stereocenters. The number of rotatable bonds is 1. The number of nitrogens with zero attached hydrogens (tertiary/aromatic N) is 1. The van der Waals surface area contributed by atoms with Gasteiger partial charge in [0.1, 0.15) is 0 Å². The smallest absolute Gasteiger partial charge is 0.324 e. The molecule has 1 aliphatic rings. The molecule has 1 saturated heterocycles. The van der Waals surface area contributed by atoms with Crippen LogP contribution in [0.1, 0.15) is 20.3 Å². The summed E-state index contributed by atoms with van der Waals surface area (Å²) in [5.41, 5.74) is 0. The second-order valence-electron chi connectivity index (χ2n) is 3.13. The number of amides is 3. The first kappa shape index (κ1) is 9.03. The van der Waals surface area contributed by atoms with Crippen molar-refractivity contribution in [1.29, 1.82) is 0 Å². The number of carbonyl (C=O) groups excluding carboxylic acids is 2. The monoisotopic (exact) mass is 170 g/mol. The van der Waals surface area contributed by atoms with E-state index < -0.39 is 0 Å². The molecule has 68 valence electrons. The van der Waals surface area contributed by atoms with Crippen molar-refractivity contribution in [2.75, 3.05) is 13.1 Å². The van der Waals surface area contributed by atoms with Gasteiger partial charge in [0.15, 0.2) is 0 Å². The third-order valence-corrected chi connectivity index (χ3v) is 1.99. The standard InChI is InChI=1S/C8H14N2O2/c1-3-10-7(11)4-6(2)5-9-8(10)12/h6H,3-5H2,1-2H3,(H,9,12). The summed E-state index contributed by atoms with van der Waals surface area (Å²) in [5, 5.41) is 2.69. The van der Waals surface area contributed by atoms with E-state index in [1.807, 2.05) is 6.92 Å². The van der Waals surface area contributed by atoms with Crippen molar-refractivity contribution in [2.24, 2.45) is 5.92 Å². The van der Waals surface area contributed by atoms with E-state index in [9.17, 15) is 9.59 Å². The Morgan fingerprint density at radius 2 is 2.25 bits per heavy atom. The molecule has 12 heavy (non-hydrogen) atoms. The number of nitrogens with one attached hydrogen (secondary N) is 1. The van der Waals surface area contributed by atoms with Gasteiger partial charge in [0.25, 0.3) is 0 Å². The van der Waals surface area contributed by atoms with Gasteiger partial charge in [-0.3, -0.25) is 9.69 Å². The maximum atomic E-state index is 11.3. The predicted molar refractivity (Wildman–Crippen MR) is 44.6 cm³/mol. The molecule has 3 amide bonds. The lowest BCUT2D eigenvalue weighted by Gasteiger charge is -2.15. The van der Waals surface area contributed by atoms with Crippen molar-refractivity contribution in [3.63, 3.8) is 0 Å². The Kier molecular flexibility index (Phi) is 2.68. The summed E-state index contributed by atoms with van der Waals surface area (Å²) in [6.45, 7) is 4.81. The molecule has 1 aliphatic heterocycles. The topological polar surface area (TPSA) is 49.4 Å². The molecule has 0 aromatic rings. The van der Waals surface area contributed by atoms with Gasteiger partial charge in [-0.15, -0.1) is 0 Å². The molecule has 0 aromatic carbocycles. The summed E-state index contributed by atoms with van der Waals surface area (Å²) in [6.07, 6.45) is 0.465. The molecule has 0 aromatic heterocycles. The Morgan fingerprint density at radius 3 is 2.83 bits per heavy atom. The van der Waals surface area contributed by atoms with Gasteiger partial charge < -0.3 is 5.32 Å². The predicted octanol–water partition coefficient (Wildman–Crippen LogP) is 0.584. The largest absolute Gasteiger partial charge is 0.337 e. The lowest BCUT2D eigenvalue weighted by Crippen LogP contribution is -2.40. The number of urea groups is 1. The van der Waals surface area contributed by atoms with Crippen LogP contribution in [0.25, 0.3) is 0 Å². The van der Waals surface area contributed by atoms with Crippen molar-refractivity contribution in [3.05, 3.63) is 0 Å². The van der Waals surface area contributed by atoms with Gasteiger partial charge >= 0.3 is 6.03 Å². The van der Waals surface area contributed by atoms with E-state index in [1.54, 1.807) is 6.92 Å². The average molecular weight is 170 g/mol. The molecule has 0 spiro atoms. The molecule has 1 N–H and O–H groups in total. The highest BCUT2D eigenvalue weighted by molar-refractivity contribution is 5.95. The molecule has 1 unspecified atom stereocenters. The van der Waals surface area contributed by atoms with Gasteiger partial charge in [-0.25, -0.2) is 4.79 Å². The fourth-order valence-electron chi connectivity index (χ4n) is 1.27. The molecule has 1 heterocycles. The maximum absolute atomic E-state index is 11.3. The van der Waals surface area contributed by atoms with E-state index in [1.165, 1.54) is 4.90 Å². The van der Waals surface area contributed by atoms with Crippen LogP contribution in [0.3, 0.4) is 0 Å². The summed E-state index contributed by atoms with van der Waals surface area (Å²) in [7, 11) is 0. The summed E-state index contributed by atoms with van der Waals surface area (Å²) < 4.78 is 0. The lowest BCUT2D eigenvalue weighted by atomic mass is 10.1. The van der Waals surface area contributed by atoms with E-state index >= 15 is 0 Å². The first-order valence-corrected chi connectivity index (χ1v) is 4.23. The Bertz CT molecular complexity index is 203. The third-order valence-electron chi connectivity index (χ3n) is 1.99. The highest BCUT2D eigenvalue weighted by atomic mass is 16.2.